The molecule has 0 bridgehead atoms. The summed E-state index contributed by atoms with van der Waals surface area (Å²) in [6.07, 6.45) is -0.0440. The minimum Gasteiger partial charge on any atom is -0.478 e. The van der Waals surface area contributed by atoms with Gasteiger partial charge < -0.3 is 20.4 Å². The number of carboxylic acids is 2. The van der Waals surface area contributed by atoms with Crippen molar-refractivity contribution in [2.24, 2.45) is 0 Å². The average Bonchev–Trinajstić information content (AvgIpc) is 2.64. The van der Waals surface area contributed by atoms with Crippen molar-refractivity contribution in [1.29, 1.82) is 0 Å². The van der Waals surface area contributed by atoms with Gasteiger partial charge in [0.05, 0.1) is 22.8 Å². The van der Waals surface area contributed by atoms with Crippen LogP contribution in [-0.2, 0) is 0 Å². The molecule has 4 N–H and O–H groups in total. The molecule has 0 fully saturated rings. The van der Waals surface area contributed by atoms with E-state index in [2.05, 4.69) is 0 Å². The maximum Gasteiger partial charge on any atom is 0.335 e. The van der Waals surface area contributed by atoms with Gasteiger partial charge >= 0.3 is 11.9 Å². The number of rotatable bonds is 4. The van der Waals surface area contributed by atoms with Crippen molar-refractivity contribution in [3.63, 3.8) is 0 Å². The Labute approximate surface area is 153 Å². The van der Waals surface area contributed by atoms with Crippen LogP contribution < -0.4 is 0 Å². The highest BCUT2D eigenvalue weighted by Gasteiger charge is 2.23. The monoisotopic (exact) mass is 362 g/mol. The minimum atomic E-state index is -0.903. The second-order valence-electron chi connectivity index (χ2n) is 5.73. The molecule has 0 aliphatic carbocycles. The number of hydrogen-bond acceptors (Lipinski definition) is 4. The van der Waals surface area contributed by atoms with E-state index in [1.807, 2.05) is 6.92 Å². The molecule has 2 aromatic rings. The van der Waals surface area contributed by atoms with Crippen molar-refractivity contribution in [2.45, 2.75) is 38.9 Å². The lowest BCUT2D eigenvalue weighted by Gasteiger charge is -2.24. The first kappa shape index (κ1) is 23.3. The summed E-state index contributed by atoms with van der Waals surface area (Å²) in [5, 5.41) is 34.8. The van der Waals surface area contributed by atoms with E-state index >= 15 is 0 Å². The second-order valence-corrected chi connectivity index (χ2v) is 5.73. The van der Waals surface area contributed by atoms with Crippen LogP contribution >= 0.6 is 0 Å². The molecule has 2 unspecified atom stereocenters. The molecular formula is C20H26O6. The summed E-state index contributed by atoms with van der Waals surface area (Å²) in [7, 11) is 0. The standard InChI is InChI=1S/2C7H6O2.C6H14O2/c2*8-7(9)6-4-2-1-3-5-6;1-4-6(3,8)5(2)7/h2*1-5H,(H,8,9);5,7-8H,4H2,1-3H3. The molecule has 2 rings (SSSR count). The molecule has 0 aromatic heterocycles. The molecular weight excluding hydrogens is 336 g/mol. The Hall–Kier alpha value is -2.70. The highest BCUT2D eigenvalue weighted by Crippen LogP contribution is 2.12. The quantitative estimate of drug-likeness (QED) is 0.663. The Morgan fingerprint density at radius 1 is 0.885 bits per heavy atom. The minimum absolute atomic E-state index is 0.331. The zero-order chi connectivity index (χ0) is 20.2. The van der Waals surface area contributed by atoms with Crippen molar-refractivity contribution in [3.05, 3.63) is 71.8 Å². The smallest absolute Gasteiger partial charge is 0.335 e. The van der Waals surface area contributed by atoms with E-state index in [1.165, 1.54) is 0 Å². The van der Waals surface area contributed by atoms with Crippen LogP contribution in [0.25, 0.3) is 0 Å². The lowest BCUT2D eigenvalue weighted by Crippen LogP contribution is -2.35. The number of carbonyl (C=O) groups is 2. The molecule has 26 heavy (non-hydrogen) atoms. The fourth-order valence-corrected chi connectivity index (χ4v) is 1.46. The summed E-state index contributed by atoms with van der Waals surface area (Å²) in [5.41, 5.74) is -0.241. The third-order valence-corrected chi connectivity index (χ3v) is 3.66. The van der Waals surface area contributed by atoms with Gasteiger partial charge in [-0.25, -0.2) is 9.59 Å². The van der Waals surface area contributed by atoms with E-state index in [-0.39, 0.29) is 0 Å². The zero-order valence-electron chi connectivity index (χ0n) is 15.2. The Bertz CT molecular complexity index is 601. The number of hydrogen-bond donors (Lipinski definition) is 4. The normalized spacial score (nSPS) is 13.0. The molecule has 0 heterocycles. The fraction of sp³-hybridized carbons (Fsp3) is 0.300. The van der Waals surface area contributed by atoms with E-state index in [0.717, 1.165) is 0 Å². The molecule has 0 saturated heterocycles. The van der Waals surface area contributed by atoms with Crippen LogP contribution in [0.4, 0.5) is 0 Å². The highest BCUT2D eigenvalue weighted by molar-refractivity contribution is 5.87. The maximum atomic E-state index is 10.2. The molecule has 0 spiro atoms. The summed E-state index contributed by atoms with van der Waals surface area (Å²) >= 11 is 0. The van der Waals surface area contributed by atoms with E-state index in [0.29, 0.717) is 17.5 Å². The number of aromatic carboxylic acids is 2. The van der Waals surface area contributed by atoms with E-state index in [1.54, 1.807) is 74.5 Å². The number of aliphatic hydroxyl groups is 2. The summed E-state index contributed by atoms with van der Waals surface area (Å²) in [4.78, 5) is 20.4. The summed E-state index contributed by atoms with van der Waals surface area (Å²) < 4.78 is 0. The van der Waals surface area contributed by atoms with Gasteiger partial charge in [-0.05, 0) is 44.5 Å². The number of carboxylic acid groups (broad SMARTS) is 2. The third kappa shape index (κ3) is 9.56. The Morgan fingerprint density at radius 2 is 1.19 bits per heavy atom. The number of aliphatic hydroxyl groups excluding tert-OH is 1. The van der Waals surface area contributed by atoms with Gasteiger partial charge in [0.25, 0.3) is 0 Å². The Balaban J connectivity index is 0.000000362. The largest absolute Gasteiger partial charge is 0.478 e. The van der Waals surface area contributed by atoms with Gasteiger partial charge in [0.2, 0.25) is 0 Å². The van der Waals surface area contributed by atoms with Gasteiger partial charge in [0.15, 0.2) is 0 Å². The lowest BCUT2D eigenvalue weighted by molar-refractivity contribution is -0.0541. The van der Waals surface area contributed by atoms with Gasteiger partial charge in [-0.1, -0.05) is 43.3 Å². The molecule has 0 aliphatic rings. The number of benzene rings is 2. The first-order valence-corrected chi connectivity index (χ1v) is 8.09. The second kappa shape index (κ2) is 11.8. The topological polar surface area (TPSA) is 115 Å². The van der Waals surface area contributed by atoms with E-state index < -0.39 is 23.6 Å². The summed E-state index contributed by atoms with van der Waals surface area (Å²) in [6, 6.07) is 16.6. The predicted octanol–water partition coefficient (Wildman–Crippen LogP) is 3.30. The molecule has 6 heteroatoms. The predicted molar refractivity (Wildman–Crippen MR) is 99.4 cm³/mol. The summed E-state index contributed by atoms with van der Waals surface area (Å²) in [5.74, 6) is -1.76. The molecule has 0 aliphatic heterocycles. The first-order chi connectivity index (χ1) is 12.1. The highest BCUT2D eigenvalue weighted by atomic mass is 16.4. The molecule has 2 atom stereocenters. The van der Waals surface area contributed by atoms with Crippen molar-refractivity contribution >= 4 is 11.9 Å². The molecule has 2 aromatic carbocycles. The van der Waals surface area contributed by atoms with Crippen LogP contribution in [0.2, 0.25) is 0 Å². The Kier molecular flexibility index (Phi) is 10.6. The molecule has 0 radical (unpaired) electrons. The van der Waals surface area contributed by atoms with Gasteiger partial charge in [-0.3, -0.25) is 0 Å². The maximum absolute atomic E-state index is 10.2. The zero-order valence-corrected chi connectivity index (χ0v) is 15.2. The van der Waals surface area contributed by atoms with Crippen LogP contribution in [0, 0.1) is 0 Å². The van der Waals surface area contributed by atoms with Crippen LogP contribution in [0.1, 0.15) is 47.9 Å². The molecule has 142 valence electrons. The summed E-state index contributed by atoms with van der Waals surface area (Å²) in [6.45, 7) is 5.05. The fourth-order valence-electron chi connectivity index (χ4n) is 1.46. The third-order valence-electron chi connectivity index (χ3n) is 3.66. The molecule has 0 saturated carbocycles. The first-order valence-electron chi connectivity index (χ1n) is 8.09. The van der Waals surface area contributed by atoms with Crippen molar-refractivity contribution in [3.8, 4) is 0 Å². The van der Waals surface area contributed by atoms with Crippen molar-refractivity contribution < 1.29 is 30.0 Å². The van der Waals surface area contributed by atoms with E-state index in [9.17, 15) is 9.59 Å². The van der Waals surface area contributed by atoms with Crippen molar-refractivity contribution in [1.82, 2.24) is 0 Å². The van der Waals surface area contributed by atoms with Gasteiger partial charge in [-0.2, -0.15) is 0 Å². The molecule has 6 nitrogen and oxygen atoms in total. The van der Waals surface area contributed by atoms with Gasteiger partial charge in [0.1, 0.15) is 0 Å². The van der Waals surface area contributed by atoms with E-state index in [4.69, 9.17) is 20.4 Å². The van der Waals surface area contributed by atoms with Crippen LogP contribution in [0.5, 0.6) is 0 Å². The lowest BCUT2D eigenvalue weighted by atomic mass is 9.98. The van der Waals surface area contributed by atoms with Crippen LogP contribution in [-0.4, -0.2) is 44.1 Å². The van der Waals surface area contributed by atoms with Crippen LogP contribution in [0.15, 0.2) is 60.7 Å². The SMILES string of the molecule is CCC(C)(O)C(C)O.O=C(O)c1ccccc1.O=C(O)c1ccccc1. The van der Waals surface area contributed by atoms with Crippen LogP contribution in [0.3, 0.4) is 0 Å². The average molecular weight is 362 g/mol. The van der Waals surface area contributed by atoms with Gasteiger partial charge in [-0.15, -0.1) is 0 Å². The van der Waals surface area contributed by atoms with Crippen molar-refractivity contribution in [2.75, 3.05) is 0 Å². The van der Waals surface area contributed by atoms with Gasteiger partial charge in [0, 0.05) is 0 Å². The molecule has 0 amide bonds. The Morgan fingerprint density at radius 3 is 1.31 bits per heavy atom.